The number of aliphatic hydroxyl groups excluding tert-OH is 1. The van der Waals surface area contributed by atoms with E-state index in [1.54, 1.807) is 4.90 Å². The van der Waals surface area contributed by atoms with Crippen LogP contribution in [0.15, 0.2) is 24.3 Å². The number of likely N-dealkylation sites (N-methyl/N-ethyl adjacent to an activating group) is 1. The molecule has 0 aliphatic carbocycles. The number of carbonyl (C=O) groups is 1. The number of amides is 1. The molecule has 116 valence electrons. The number of rotatable bonds is 5. The molecule has 1 amide bonds. The standard InChI is InChI=1S/C17H26N2O2/c1-13-7-9-14(10-8-13)5-4-6-17(21)19-11-15(18(2)3)16(20)12-19/h7-10,15-16,20H,4-6,11-12H2,1-3H3/t15-,16-/m0/s1. The Morgan fingerprint density at radius 3 is 2.52 bits per heavy atom. The van der Waals surface area contributed by atoms with Crippen molar-refractivity contribution >= 4 is 5.91 Å². The van der Waals surface area contributed by atoms with Crippen molar-refractivity contribution in [3.05, 3.63) is 35.4 Å². The average Bonchev–Trinajstić information content (AvgIpc) is 2.83. The van der Waals surface area contributed by atoms with Crippen molar-refractivity contribution in [3.8, 4) is 0 Å². The topological polar surface area (TPSA) is 43.8 Å². The first-order chi connectivity index (χ1) is 9.97. The predicted molar refractivity (Wildman–Crippen MR) is 84.2 cm³/mol. The van der Waals surface area contributed by atoms with Gasteiger partial charge in [-0.25, -0.2) is 0 Å². The van der Waals surface area contributed by atoms with Crippen molar-refractivity contribution in [2.75, 3.05) is 27.2 Å². The van der Waals surface area contributed by atoms with Gasteiger partial charge >= 0.3 is 0 Å². The van der Waals surface area contributed by atoms with E-state index in [1.807, 2.05) is 19.0 Å². The largest absolute Gasteiger partial charge is 0.390 e. The monoisotopic (exact) mass is 290 g/mol. The van der Waals surface area contributed by atoms with Gasteiger partial charge in [-0.3, -0.25) is 4.79 Å². The maximum Gasteiger partial charge on any atom is 0.222 e. The molecular formula is C17H26N2O2. The smallest absolute Gasteiger partial charge is 0.222 e. The van der Waals surface area contributed by atoms with Crippen LogP contribution >= 0.6 is 0 Å². The van der Waals surface area contributed by atoms with E-state index in [0.717, 1.165) is 12.8 Å². The molecule has 4 heteroatoms. The summed E-state index contributed by atoms with van der Waals surface area (Å²) in [5, 5.41) is 9.97. The minimum atomic E-state index is -0.430. The van der Waals surface area contributed by atoms with Crippen LogP contribution in [0.2, 0.25) is 0 Å². The first-order valence-electron chi connectivity index (χ1n) is 7.65. The molecule has 2 atom stereocenters. The van der Waals surface area contributed by atoms with E-state index in [9.17, 15) is 9.90 Å². The molecule has 21 heavy (non-hydrogen) atoms. The summed E-state index contributed by atoms with van der Waals surface area (Å²) in [4.78, 5) is 16.0. The van der Waals surface area contributed by atoms with Gasteiger partial charge in [0.25, 0.3) is 0 Å². The lowest BCUT2D eigenvalue weighted by molar-refractivity contribution is -0.130. The van der Waals surface area contributed by atoms with E-state index in [-0.39, 0.29) is 11.9 Å². The van der Waals surface area contributed by atoms with Gasteiger partial charge in [0.2, 0.25) is 5.91 Å². The Balaban J connectivity index is 1.76. The van der Waals surface area contributed by atoms with Crippen LogP contribution in [0.4, 0.5) is 0 Å². The van der Waals surface area contributed by atoms with Gasteiger partial charge in [-0.05, 0) is 39.4 Å². The Hall–Kier alpha value is -1.39. The highest BCUT2D eigenvalue weighted by molar-refractivity contribution is 5.76. The fourth-order valence-corrected chi connectivity index (χ4v) is 2.84. The maximum absolute atomic E-state index is 12.2. The van der Waals surface area contributed by atoms with Gasteiger partial charge in [0, 0.05) is 19.5 Å². The Morgan fingerprint density at radius 2 is 1.95 bits per heavy atom. The summed E-state index contributed by atoms with van der Waals surface area (Å²) in [5.41, 5.74) is 2.54. The van der Waals surface area contributed by atoms with Crippen molar-refractivity contribution in [1.82, 2.24) is 9.80 Å². The van der Waals surface area contributed by atoms with Gasteiger partial charge in [-0.1, -0.05) is 29.8 Å². The molecular weight excluding hydrogens is 264 g/mol. The fourth-order valence-electron chi connectivity index (χ4n) is 2.84. The highest BCUT2D eigenvalue weighted by Gasteiger charge is 2.34. The van der Waals surface area contributed by atoms with Crippen LogP contribution in [0.5, 0.6) is 0 Å². The second kappa shape index (κ2) is 7.05. The normalized spacial score (nSPS) is 22.0. The van der Waals surface area contributed by atoms with E-state index in [2.05, 4.69) is 31.2 Å². The number of aryl methyl sites for hydroxylation is 2. The number of benzene rings is 1. The molecule has 0 bridgehead atoms. The zero-order chi connectivity index (χ0) is 15.4. The van der Waals surface area contributed by atoms with E-state index in [4.69, 9.17) is 0 Å². The molecule has 0 saturated carbocycles. The lowest BCUT2D eigenvalue weighted by atomic mass is 10.1. The second-order valence-corrected chi connectivity index (χ2v) is 6.24. The summed E-state index contributed by atoms with van der Waals surface area (Å²) in [6.45, 7) is 3.18. The molecule has 1 aliphatic rings. The molecule has 2 rings (SSSR count). The van der Waals surface area contributed by atoms with Gasteiger partial charge in [-0.2, -0.15) is 0 Å². The summed E-state index contributed by atoms with van der Waals surface area (Å²) in [7, 11) is 3.89. The number of β-amino-alcohol motifs (C(OH)–C–C–N with tert-alkyl or cyclic N) is 1. The van der Waals surface area contributed by atoms with Crippen LogP contribution in [0.1, 0.15) is 24.0 Å². The summed E-state index contributed by atoms with van der Waals surface area (Å²) in [6, 6.07) is 8.53. The molecule has 0 aromatic heterocycles. The fraction of sp³-hybridized carbons (Fsp3) is 0.588. The molecule has 1 aliphatic heterocycles. The highest BCUT2D eigenvalue weighted by atomic mass is 16.3. The average molecular weight is 290 g/mol. The van der Waals surface area contributed by atoms with Crippen molar-refractivity contribution in [3.63, 3.8) is 0 Å². The van der Waals surface area contributed by atoms with Gasteiger partial charge < -0.3 is 14.9 Å². The van der Waals surface area contributed by atoms with E-state index in [0.29, 0.717) is 19.5 Å². The minimum absolute atomic E-state index is 0.0612. The molecule has 4 nitrogen and oxygen atoms in total. The van der Waals surface area contributed by atoms with Crippen LogP contribution in [-0.2, 0) is 11.2 Å². The van der Waals surface area contributed by atoms with Gasteiger partial charge in [0.15, 0.2) is 0 Å². The minimum Gasteiger partial charge on any atom is -0.390 e. The molecule has 1 aromatic rings. The summed E-state index contributed by atoms with van der Waals surface area (Å²) >= 11 is 0. The number of hydrogen-bond acceptors (Lipinski definition) is 3. The van der Waals surface area contributed by atoms with E-state index >= 15 is 0 Å². The number of hydrogen-bond donors (Lipinski definition) is 1. The second-order valence-electron chi connectivity index (χ2n) is 6.24. The van der Waals surface area contributed by atoms with Crippen molar-refractivity contribution < 1.29 is 9.90 Å². The highest BCUT2D eigenvalue weighted by Crippen LogP contribution is 2.16. The Morgan fingerprint density at radius 1 is 1.29 bits per heavy atom. The first-order valence-corrected chi connectivity index (χ1v) is 7.65. The third-order valence-electron chi connectivity index (χ3n) is 4.25. The Labute approximate surface area is 127 Å². The maximum atomic E-state index is 12.2. The van der Waals surface area contributed by atoms with Crippen LogP contribution in [0.3, 0.4) is 0 Å². The van der Waals surface area contributed by atoms with Gasteiger partial charge in [0.05, 0.1) is 12.1 Å². The molecule has 1 heterocycles. The lowest BCUT2D eigenvalue weighted by Gasteiger charge is -2.21. The summed E-state index contributed by atoms with van der Waals surface area (Å²) in [5.74, 6) is 0.158. The third kappa shape index (κ3) is 4.29. The third-order valence-corrected chi connectivity index (χ3v) is 4.25. The number of nitrogens with zero attached hydrogens (tertiary/aromatic N) is 2. The molecule has 1 N–H and O–H groups in total. The lowest BCUT2D eigenvalue weighted by Crippen LogP contribution is -2.38. The van der Waals surface area contributed by atoms with E-state index < -0.39 is 6.10 Å². The predicted octanol–water partition coefficient (Wildman–Crippen LogP) is 1.45. The van der Waals surface area contributed by atoms with Gasteiger partial charge in [0.1, 0.15) is 0 Å². The SMILES string of the molecule is Cc1ccc(CCCC(=O)N2C[C@H](O)[C@@H](N(C)C)C2)cc1. The van der Waals surface area contributed by atoms with Crippen LogP contribution in [-0.4, -0.2) is 60.1 Å². The van der Waals surface area contributed by atoms with Crippen LogP contribution < -0.4 is 0 Å². The number of aliphatic hydroxyl groups is 1. The van der Waals surface area contributed by atoms with Gasteiger partial charge in [-0.15, -0.1) is 0 Å². The van der Waals surface area contributed by atoms with Crippen molar-refractivity contribution in [2.24, 2.45) is 0 Å². The van der Waals surface area contributed by atoms with Crippen LogP contribution in [0.25, 0.3) is 0 Å². The van der Waals surface area contributed by atoms with E-state index in [1.165, 1.54) is 11.1 Å². The van der Waals surface area contributed by atoms with Crippen molar-refractivity contribution in [1.29, 1.82) is 0 Å². The summed E-state index contributed by atoms with van der Waals surface area (Å²) < 4.78 is 0. The number of likely N-dealkylation sites (tertiary alicyclic amines) is 1. The first kappa shape index (κ1) is 16.0. The Bertz CT molecular complexity index is 470. The molecule has 1 saturated heterocycles. The molecule has 1 aromatic carbocycles. The molecule has 0 spiro atoms. The zero-order valence-electron chi connectivity index (χ0n) is 13.2. The van der Waals surface area contributed by atoms with Crippen molar-refractivity contribution in [2.45, 2.75) is 38.3 Å². The Kier molecular flexibility index (Phi) is 5.37. The molecule has 1 fully saturated rings. The zero-order valence-corrected chi connectivity index (χ0v) is 13.2. The summed E-state index contributed by atoms with van der Waals surface area (Å²) in [6.07, 6.45) is 1.92. The van der Waals surface area contributed by atoms with Crippen LogP contribution in [0, 0.1) is 6.92 Å². The quantitative estimate of drug-likeness (QED) is 0.892. The molecule has 0 unspecified atom stereocenters. The molecule has 0 radical (unpaired) electrons. The number of carbonyl (C=O) groups excluding carboxylic acids is 1.